The Kier molecular flexibility index (Phi) is 14.0. The quantitative estimate of drug-likeness (QED) is 0.0758. The van der Waals surface area contributed by atoms with Crippen LogP contribution in [0.25, 0.3) is 0 Å². The summed E-state index contributed by atoms with van der Waals surface area (Å²) in [5.41, 5.74) is 5.60. The van der Waals surface area contributed by atoms with Gasteiger partial charge >= 0.3 is 18.0 Å². The Morgan fingerprint density at radius 2 is 1.61 bits per heavy atom. The standard InChI is InChI=1S/C36H39IN4O10/c1-6-47-29-16-23(15-26(37)33(29)51-19-22-9-11-24(12-10-22)34(43)48-7-2)18-38-41-30(42)20-50-27-14-13-25(17-28(27)46-5)32-31(35(44)49-8-3)21(4)39-36(45)40-32/h9-18,32H,6-8,19-20H2,1-5H3,(H,41,42)(H2,39,40,45)/b38-18+/t32-/m1/s1. The van der Waals surface area contributed by atoms with Gasteiger partial charge in [0.2, 0.25) is 0 Å². The molecule has 51 heavy (non-hydrogen) atoms. The predicted molar refractivity (Wildman–Crippen MR) is 195 cm³/mol. The fourth-order valence-corrected chi connectivity index (χ4v) is 5.71. The van der Waals surface area contributed by atoms with E-state index in [0.29, 0.717) is 47.1 Å². The Labute approximate surface area is 309 Å². The summed E-state index contributed by atoms with van der Waals surface area (Å²) in [6, 6.07) is 14.2. The van der Waals surface area contributed by atoms with E-state index < -0.39 is 23.9 Å². The van der Waals surface area contributed by atoms with Gasteiger partial charge in [-0.2, -0.15) is 5.10 Å². The first-order valence-corrected chi connectivity index (χ1v) is 17.1. The van der Waals surface area contributed by atoms with E-state index >= 15 is 0 Å². The number of nitrogens with zero attached hydrogens (tertiary/aromatic N) is 1. The monoisotopic (exact) mass is 814 g/mol. The summed E-state index contributed by atoms with van der Waals surface area (Å²) < 4.78 is 34.1. The second kappa shape index (κ2) is 18.6. The van der Waals surface area contributed by atoms with Crippen molar-refractivity contribution in [3.05, 3.63) is 91.7 Å². The third-order valence-electron chi connectivity index (χ3n) is 7.23. The fourth-order valence-electron chi connectivity index (χ4n) is 4.93. The third-order valence-corrected chi connectivity index (χ3v) is 8.03. The van der Waals surface area contributed by atoms with Crippen molar-refractivity contribution < 1.29 is 47.6 Å². The van der Waals surface area contributed by atoms with E-state index in [9.17, 15) is 19.2 Å². The number of urea groups is 1. The van der Waals surface area contributed by atoms with Crippen molar-refractivity contribution >= 4 is 52.7 Å². The molecule has 3 amide bonds. The van der Waals surface area contributed by atoms with Crippen LogP contribution < -0.4 is 35.0 Å². The molecule has 3 N–H and O–H groups in total. The number of rotatable bonds is 16. The maximum absolute atomic E-state index is 12.7. The predicted octanol–water partition coefficient (Wildman–Crippen LogP) is 5.17. The van der Waals surface area contributed by atoms with E-state index in [-0.39, 0.29) is 42.9 Å². The van der Waals surface area contributed by atoms with Gasteiger partial charge in [0.25, 0.3) is 5.91 Å². The van der Waals surface area contributed by atoms with Crippen LogP contribution >= 0.6 is 22.6 Å². The van der Waals surface area contributed by atoms with Crippen molar-refractivity contribution in [2.24, 2.45) is 5.10 Å². The van der Waals surface area contributed by atoms with E-state index in [1.807, 2.05) is 13.0 Å². The SMILES string of the molecule is CCOC(=O)C1=C(C)NC(=O)N[C@@H]1c1ccc(OCC(=O)N/N=C/c2cc(I)c(OCc3ccc(C(=O)OCC)cc3)c(OCC)c2)c(OC)c1. The largest absolute Gasteiger partial charge is 0.493 e. The Bertz CT molecular complexity index is 1810. The van der Waals surface area contributed by atoms with Gasteiger partial charge < -0.3 is 39.1 Å². The molecule has 270 valence electrons. The van der Waals surface area contributed by atoms with Crippen molar-refractivity contribution in [1.82, 2.24) is 16.1 Å². The Hall–Kier alpha value is -5.32. The van der Waals surface area contributed by atoms with Crippen molar-refractivity contribution in [3.8, 4) is 23.0 Å². The normalized spacial score (nSPS) is 13.9. The first-order chi connectivity index (χ1) is 24.6. The van der Waals surface area contributed by atoms with Crippen molar-refractivity contribution in [3.63, 3.8) is 0 Å². The lowest BCUT2D eigenvalue weighted by Gasteiger charge is -2.28. The highest BCUT2D eigenvalue weighted by atomic mass is 127. The van der Waals surface area contributed by atoms with Crippen LogP contribution in [-0.4, -0.2) is 63.6 Å². The van der Waals surface area contributed by atoms with Crippen LogP contribution in [0.1, 0.15) is 60.8 Å². The van der Waals surface area contributed by atoms with Crippen LogP contribution in [0.15, 0.2) is 71.0 Å². The van der Waals surface area contributed by atoms with Gasteiger partial charge in [0, 0.05) is 5.70 Å². The molecule has 1 atom stereocenters. The van der Waals surface area contributed by atoms with Crippen LogP contribution in [-0.2, 0) is 25.7 Å². The number of hydrogen-bond donors (Lipinski definition) is 3. The molecule has 0 aromatic heterocycles. The minimum absolute atomic E-state index is 0.172. The molecule has 0 aliphatic carbocycles. The number of esters is 2. The number of halogens is 1. The van der Waals surface area contributed by atoms with Gasteiger partial charge in [-0.1, -0.05) is 18.2 Å². The molecule has 0 bridgehead atoms. The zero-order valence-electron chi connectivity index (χ0n) is 28.8. The van der Waals surface area contributed by atoms with Crippen LogP contribution in [0.2, 0.25) is 0 Å². The number of ether oxygens (including phenoxy) is 6. The van der Waals surface area contributed by atoms with E-state index in [1.165, 1.54) is 13.3 Å². The van der Waals surface area contributed by atoms with E-state index in [1.54, 1.807) is 69.3 Å². The molecule has 15 heteroatoms. The number of benzene rings is 3. The van der Waals surface area contributed by atoms with E-state index in [2.05, 4.69) is 43.8 Å². The number of hydrogen-bond acceptors (Lipinski definition) is 11. The van der Waals surface area contributed by atoms with Gasteiger partial charge in [0.05, 0.1) is 53.9 Å². The zero-order chi connectivity index (χ0) is 36.9. The van der Waals surface area contributed by atoms with Crippen LogP contribution in [0.3, 0.4) is 0 Å². The minimum Gasteiger partial charge on any atom is -0.493 e. The van der Waals surface area contributed by atoms with Gasteiger partial charge in [0.15, 0.2) is 29.6 Å². The molecule has 1 aliphatic rings. The molecule has 0 radical (unpaired) electrons. The van der Waals surface area contributed by atoms with Gasteiger partial charge in [-0.25, -0.2) is 19.8 Å². The number of hydrazone groups is 1. The second-order valence-electron chi connectivity index (χ2n) is 10.8. The van der Waals surface area contributed by atoms with Crippen molar-refractivity contribution in [2.75, 3.05) is 33.5 Å². The number of nitrogens with one attached hydrogen (secondary N) is 3. The summed E-state index contributed by atoms with van der Waals surface area (Å²) in [6.45, 7) is 7.68. The lowest BCUT2D eigenvalue weighted by Crippen LogP contribution is -2.45. The highest BCUT2D eigenvalue weighted by molar-refractivity contribution is 14.1. The van der Waals surface area contributed by atoms with Gasteiger partial charge in [0.1, 0.15) is 6.61 Å². The number of amides is 3. The molecular formula is C36H39IN4O10. The van der Waals surface area contributed by atoms with Crippen LogP contribution in [0.5, 0.6) is 23.0 Å². The highest BCUT2D eigenvalue weighted by Gasteiger charge is 2.32. The van der Waals surface area contributed by atoms with Gasteiger partial charge in [-0.3, -0.25) is 4.79 Å². The van der Waals surface area contributed by atoms with Gasteiger partial charge in [-0.15, -0.1) is 0 Å². The molecule has 4 rings (SSSR count). The lowest BCUT2D eigenvalue weighted by molar-refractivity contribution is -0.139. The zero-order valence-corrected chi connectivity index (χ0v) is 31.0. The van der Waals surface area contributed by atoms with Crippen LogP contribution in [0, 0.1) is 3.57 Å². The summed E-state index contributed by atoms with van der Waals surface area (Å²) in [5, 5.41) is 9.39. The Morgan fingerprint density at radius 3 is 2.29 bits per heavy atom. The smallest absolute Gasteiger partial charge is 0.338 e. The molecule has 3 aromatic carbocycles. The summed E-state index contributed by atoms with van der Waals surface area (Å²) in [7, 11) is 1.43. The van der Waals surface area contributed by atoms with Gasteiger partial charge in [-0.05, 0) is 103 Å². The Morgan fingerprint density at radius 1 is 0.882 bits per heavy atom. The summed E-state index contributed by atoms with van der Waals surface area (Å²) in [4.78, 5) is 49.4. The topological polar surface area (TPSA) is 172 Å². The Balaban J connectivity index is 1.37. The number of carbonyl (C=O) groups is 4. The molecular weight excluding hydrogens is 775 g/mol. The van der Waals surface area contributed by atoms with Crippen molar-refractivity contribution in [1.29, 1.82) is 0 Å². The van der Waals surface area contributed by atoms with E-state index in [0.717, 1.165) is 9.13 Å². The minimum atomic E-state index is -0.790. The molecule has 0 saturated carbocycles. The first kappa shape index (κ1) is 38.5. The summed E-state index contributed by atoms with van der Waals surface area (Å²) in [5.74, 6) is 0.132. The van der Waals surface area contributed by atoms with Crippen LogP contribution in [0.4, 0.5) is 4.79 Å². The second-order valence-corrected chi connectivity index (χ2v) is 11.9. The lowest BCUT2D eigenvalue weighted by atomic mass is 9.95. The first-order valence-electron chi connectivity index (χ1n) is 16.0. The molecule has 0 spiro atoms. The highest BCUT2D eigenvalue weighted by Crippen LogP contribution is 2.36. The van der Waals surface area contributed by atoms with Crippen molar-refractivity contribution in [2.45, 2.75) is 40.3 Å². The maximum atomic E-state index is 12.7. The molecule has 1 aliphatic heterocycles. The number of carbonyl (C=O) groups excluding carboxylic acids is 4. The molecule has 0 unspecified atom stereocenters. The number of methoxy groups -OCH3 is 1. The molecule has 3 aromatic rings. The summed E-state index contributed by atoms with van der Waals surface area (Å²) in [6.07, 6.45) is 1.47. The molecule has 14 nitrogen and oxygen atoms in total. The molecule has 1 heterocycles. The fraction of sp³-hybridized carbons (Fsp3) is 0.306. The third kappa shape index (κ3) is 10.3. The molecule has 0 saturated heterocycles. The number of allylic oxidation sites excluding steroid dienone is 1. The average molecular weight is 815 g/mol. The van der Waals surface area contributed by atoms with E-state index in [4.69, 9.17) is 28.4 Å². The maximum Gasteiger partial charge on any atom is 0.338 e. The average Bonchev–Trinajstić information content (AvgIpc) is 3.10. The molecule has 0 fully saturated rings. The summed E-state index contributed by atoms with van der Waals surface area (Å²) >= 11 is 2.14.